The van der Waals surface area contributed by atoms with E-state index in [-0.39, 0.29) is 0 Å². The van der Waals surface area contributed by atoms with Gasteiger partial charge in [0.15, 0.2) is 0 Å². The molecule has 0 spiro atoms. The van der Waals surface area contributed by atoms with E-state index in [1.165, 1.54) is 23.2 Å². The van der Waals surface area contributed by atoms with Gasteiger partial charge in [-0.2, -0.15) is 0 Å². The van der Waals surface area contributed by atoms with Gasteiger partial charge in [0.2, 0.25) is 0 Å². The number of anilines is 1. The summed E-state index contributed by atoms with van der Waals surface area (Å²) in [5.74, 6) is 1.14. The zero-order chi connectivity index (χ0) is 13.8. The van der Waals surface area contributed by atoms with Crippen molar-refractivity contribution in [2.45, 2.75) is 38.8 Å². The van der Waals surface area contributed by atoms with Crippen molar-refractivity contribution in [3.8, 4) is 0 Å². The van der Waals surface area contributed by atoms with Gasteiger partial charge in [-0.05, 0) is 31.9 Å². The molecule has 0 radical (unpaired) electrons. The minimum atomic E-state index is 0.347. The van der Waals surface area contributed by atoms with E-state index in [0.717, 1.165) is 25.2 Å². The number of benzene rings is 1. The normalized spacial score (nSPS) is 17.8. The maximum atomic E-state index is 5.55. The molecule has 1 unspecified atom stereocenters. The predicted molar refractivity (Wildman–Crippen MR) is 79.8 cm³/mol. The number of ether oxygens (including phenoxy) is 1. The zero-order valence-corrected chi connectivity index (χ0v) is 11.9. The minimum Gasteiger partial charge on any atom is -0.469 e. The van der Waals surface area contributed by atoms with Crippen molar-refractivity contribution < 1.29 is 9.15 Å². The van der Waals surface area contributed by atoms with Crippen LogP contribution < -0.4 is 5.32 Å². The van der Waals surface area contributed by atoms with E-state index in [1.807, 2.05) is 6.92 Å². The number of para-hydroxylation sites is 1. The van der Waals surface area contributed by atoms with Gasteiger partial charge >= 0.3 is 0 Å². The van der Waals surface area contributed by atoms with Gasteiger partial charge in [0.05, 0.1) is 18.9 Å². The molecule has 1 aliphatic rings. The van der Waals surface area contributed by atoms with Crippen molar-refractivity contribution in [2.75, 3.05) is 11.9 Å². The van der Waals surface area contributed by atoms with Gasteiger partial charge in [-0.25, -0.2) is 0 Å². The van der Waals surface area contributed by atoms with Crippen LogP contribution in [0.5, 0.6) is 0 Å². The van der Waals surface area contributed by atoms with Gasteiger partial charge in [0, 0.05) is 29.8 Å². The molecule has 2 aromatic rings. The summed E-state index contributed by atoms with van der Waals surface area (Å²) in [6.07, 6.45) is 5.18. The zero-order valence-electron chi connectivity index (χ0n) is 11.9. The predicted octanol–water partition coefficient (Wildman–Crippen LogP) is 4.31. The molecule has 0 fully saturated rings. The Labute approximate surface area is 119 Å². The Morgan fingerprint density at radius 3 is 3.10 bits per heavy atom. The highest BCUT2D eigenvalue weighted by atomic mass is 16.5. The maximum Gasteiger partial charge on any atom is 0.109 e. The smallest absolute Gasteiger partial charge is 0.109 e. The lowest BCUT2D eigenvalue weighted by atomic mass is 9.93. The topological polar surface area (TPSA) is 34.4 Å². The van der Waals surface area contributed by atoms with Crippen molar-refractivity contribution in [2.24, 2.45) is 0 Å². The fourth-order valence-corrected chi connectivity index (χ4v) is 2.82. The van der Waals surface area contributed by atoms with Crippen molar-refractivity contribution in [3.63, 3.8) is 0 Å². The third-order valence-corrected chi connectivity index (χ3v) is 3.86. The fourth-order valence-electron chi connectivity index (χ4n) is 2.82. The minimum absolute atomic E-state index is 0.347. The molecule has 20 heavy (non-hydrogen) atoms. The van der Waals surface area contributed by atoms with Crippen molar-refractivity contribution >= 4 is 5.69 Å². The standard InChI is InChI=1S/C17H21NO2/c1-2-19-12-13-6-3-4-7-15(13)18-16-8-5-9-17-14(16)10-11-20-17/h3-4,6-7,10-11,16,18H,2,5,8-9,12H2,1H3. The number of rotatable bonds is 5. The van der Waals surface area contributed by atoms with Gasteiger partial charge in [0.25, 0.3) is 0 Å². The number of hydrogen-bond donors (Lipinski definition) is 1. The van der Waals surface area contributed by atoms with E-state index >= 15 is 0 Å². The summed E-state index contributed by atoms with van der Waals surface area (Å²) in [4.78, 5) is 0. The molecular weight excluding hydrogens is 250 g/mol. The second-order valence-electron chi connectivity index (χ2n) is 5.18. The molecule has 0 bridgehead atoms. The third-order valence-electron chi connectivity index (χ3n) is 3.86. The van der Waals surface area contributed by atoms with Crippen LogP contribution in [0.25, 0.3) is 0 Å². The number of furan rings is 1. The first-order chi connectivity index (χ1) is 9.88. The van der Waals surface area contributed by atoms with Crippen LogP contribution in [0.2, 0.25) is 0 Å². The third kappa shape index (κ3) is 2.73. The summed E-state index contributed by atoms with van der Waals surface area (Å²) in [5, 5.41) is 3.66. The molecule has 1 aromatic heterocycles. The average Bonchev–Trinajstić information content (AvgIpc) is 2.96. The molecule has 1 aromatic carbocycles. The van der Waals surface area contributed by atoms with E-state index in [9.17, 15) is 0 Å². The highest BCUT2D eigenvalue weighted by Gasteiger charge is 2.22. The molecule has 3 rings (SSSR count). The summed E-state index contributed by atoms with van der Waals surface area (Å²) < 4.78 is 11.1. The molecule has 1 atom stereocenters. The van der Waals surface area contributed by atoms with Crippen LogP contribution in [0.3, 0.4) is 0 Å². The number of hydrogen-bond acceptors (Lipinski definition) is 3. The lowest BCUT2D eigenvalue weighted by Crippen LogP contribution is -2.16. The van der Waals surface area contributed by atoms with E-state index in [0.29, 0.717) is 12.6 Å². The second-order valence-corrected chi connectivity index (χ2v) is 5.18. The van der Waals surface area contributed by atoms with Crippen LogP contribution in [-0.4, -0.2) is 6.61 Å². The van der Waals surface area contributed by atoms with E-state index in [2.05, 4.69) is 35.6 Å². The van der Waals surface area contributed by atoms with Crippen molar-refractivity contribution in [1.29, 1.82) is 0 Å². The monoisotopic (exact) mass is 271 g/mol. The van der Waals surface area contributed by atoms with Gasteiger partial charge in [-0.1, -0.05) is 18.2 Å². The van der Waals surface area contributed by atoms with Gasteiger partial charge < -0.3 is 14.5 Å². The van der Waals surface area contributed by atoms with Crippen LogP contribution in [0.15, 0.2) is 41.0 Å². The first-order valence-corrected chi connectivity index (χ1v) is 7.37. The summed E-state index contributed by atoms with van der Waals surface area (Å²) in [5.41, 5.74) is 3.69. The Kier molecular flexibility index (Phi) is 4.07. The Balaban J connectivity index is 1.79. The molecule has 1 heterocycles. The first kappa shape index (κ1) is 13.3. The molecule has 0 amide bonds. The van der Waals surface area contributed by atoms with Crippen molar-refractivity contribution in [3.05, 3.63) is 53.5 Å². The Morgan fingerprint density at radius 2 is 2.20 bits per heavy atom. The largest absolute Gasteiger partial charge is 0.469 e. The van der Waals surface area contributed by atoms with Crippen LogP contribution in [0.1, 0.15) is 42.7 Å². The van der Waals surface area contributed by atoms with Gasteiger partial charge in [-0.15, -0.1) is 0 Å². The molecule has 3 nitrogen and oxygen atoms in total. The first-order valence-electron chi connectivity index (χ1n) is 7.37. The number of fused-ring (bicyclic) bond motifs is 1. The van der Waals surface area contributed by atoms with E-state index in [4.69, 9.17) is 9.15 Å². The molecule has 0 saturated carbocycles. The molecule has 0 aliphatic heterocycles. The second kappa shape index (κ2) is 6.14. The summed E-state index contributed by atoms with van der Waals surface area (Å²) >= 11 is 0. The van der Waals surface area contributed by atoms with E-state index in [1.54, 1.807) is 6.26 Å². The van der Waals surface area contributed by atoms with Crippen LogP contribution in [0.4, 0.5) is 5.69 Å². The number of nitrogens with one attached hydrogen (secondary N) is 1. The molecule has 106 valence electrons. The van der Waals surface area contributed by atoms with Gasteiger partial charge in [0.1, 0.15) is 5.76 Å². The SMILES string of the molecule is CCOCc1ccccc1NC1CCCc2occc21. The highest BCUT2D eigenvalue weighted by Crippen LogP contribution is 2.34. The summed E-state index contributed by atoms with van der Waals surface area (Å²) in [7, 11) is 0. The fraction of sp³-hybridized carbons (Fsp3) is 0.412. The molecule has 3 heteroatoms. The molecule has 1 N–H and O–H groups in total. The quantitative estimate of drug-likeness (QED) is 0.880. The van der Waals surface area contributed by atoms with E-state index < -0.39 is 0 Å². The van der Waals surface area contributed by atoms with Crippen LogP contribution >= 0.6 is 0 Å². The molecule has 0 saturated heterocycles. The lowest BCUT2D eigenvalue weighted by molar-refractivity contribution is 0.134. The average molecular weight is 271 g/mol. The summed E-state index contributed by atoms with van der Waals surface area (Å²) in [6, 6.07) is 10.8. The molecular formula is C17H21NO2. The number of aryl methyl sites for hydroxylation is 1. The Bertz CT molecular complexity index is 562. The summed E-state index contributed by atoms with van der Waals surface area (Å²) in [6.45, 7) is 3.42. The molecule has 1 aliphatic carbocycles. The van der Waals surface area contributed by atoms with Gasteiger partial charge in [-0.3, -0.25) is 0 Å². The van der Waals surface area contributed by atoms with Crippen LogP contribution in [-0.2, 0) is 17.8 Å². The Hall–Kier alpha value is -1.74. The Morgan fingerprint density at radius 1 is 1.30 bits per heavy atom. The maximum absolute atomic E-state index is 5.55. The van der Waals surface area contributed by atoms with Crippen molar-refractivity contribution in [1.82, 2.24) is 0 Å². The van der Waals surface area contributed by atoms with Crippen LogP contribution in [0, 0.1) is 0 Å². The lowest BCUT2D eigenvalue weighted by Gasteiger charge is -2.25. The highest BCUT2D eigenvalue weighted by molar-refractivity contribution is 5.53.